The molecule has 0 radical (unpaired) electrons. The Morgan fingerprint density at radius 1 is 1.17 bits per heavy atom. The predicted molar refractivity (Wildman–Crippen MR) is 54.7 cm³/mol. The van der Waals surface area contributed by atoms with Gasteiger partial charge < -0.3 is 5.73 Å². The van der Waals surface area contributed by atoms with Crippen LogP contribution in [0.25, 0.3) is 6.08 Å². The van der Waals surface area contributed by atoms with E-state index in [0.717, 1.165) is 11.3 Å². The first-order valence-electron chi connectivity index (χ1n) is 3.98. The van der Waals surface area contributed by atoms with Crippen LogP contribution in [0.3, 0.4) is 0 Å². The van der Waals surface area contributed by atoms with E-state index in [1.54, 1.807) is 0 Å². The summed E-state index contributed by atoms with van der Waals surface area (Å²) in [7, 11) is 0. The first-order valence-corrected chi connectivity index (χ1v) is 3.98. The highest BCUT2D eigenvalue weighted by atomic mass is 14.5. The van der Waals surface area contributed by atoms with Gasteiger partial charge in [0.25, 0.3) is 0 Å². The van der Waals surface area contributed by atoms with E-state index in [1.807, 2.05) is 55.5 Å². The maximum atomic E-state index is 5.73. The quantitative estimate of drug-likeness (QED) is 0.521. The summed E-state index contributed by atoms with van der Waals surface area (Å²) in [6.45, 7) is 1.98. The molecule has 0 aromatic heterocycles. The van der Waals surface area contributed by atoms with Crippen molar-refractivity contribution < 1.29 is 0 Å². The van der Waals surface area contributed by atoms with Crippen molar-refractivity contribution in [2.24, 2.45) is 0 Å². The molecule has 62 valence electrons. The number of allylic oxidation sites excluding steroid dienone is 3. The standard InChI is InChI=1S/C11H13N/c1-2-3-4-7-10-8-5-6-9-11(10)12/h2-9H,12H2,1H3/b3-2+,7-4+. The fourth-order valence-corrected chi connectivity index (χ4v) is 0.933. The monoisotopic (exact) mass is 159 g/mol. The molecule has 0 bridgehead atoms. The molecule has 1 aromatic rings. The van der Waals surface area contributed by atoms with Gasteiger partial charge in [0.15, 0.2) is 0 Å². The molecule has 1 nitrogen and oxygen atoms in total. The lowest BCUT2D eigenvalue weighted by atomic mass is 10.1. The van der Waals surface area contributed by atoms with Crippen molar-refractivity contribution in [2.75, 3.05) is 5.73 Å². The zero-order valence-corrected chi connectivity index (χ0v) is 7.20. The summed E-state index contributed by atoms with van der Waals surface area (Å²) in [6, 6.07) is 7.80. The number of anilines is 1. The molecule has 1 heteroatoms. The van der Waals surface area contributed by atoms with Gasteiger partial charge in [-0.3, -0.25) is 0 Å². The highest BCUT2D eigenvalue weighted by Gasteiger charge is 1.89. The lowest BCUT2D eigenvalue weighted by molar-refractivity contribution is 1.64. The van der Waals surface area contributed by atoms with E-state index in [-0.39, 0.29) is 0 Å². The average molecular weight is 159 g/mol. The zero-order chi connectivity index (χ0) is 8.81. The van der Waals surface area contributed by atoms with Crippen molar-refractivity contribution in [3.63, 3.8) is 0 Å². The molecule has 0 saturated heterocycles. The number of nitrogen functional groups attached to an aromatic ring is 1. The van der Waals surface area contributed by atoms with E-state index < -0.39 is 0 Å². The Kier molecular flexibility index (Phi) is 3.15. The maximum absolute atomic E-state index is 5.73. The van der Waals surface area contributed by atoms with Gasteiger partial charge in [-0.15, -0.1) is 0 Å². The predicted octanol–water partition coefficient (Wildman–Crippen LogP) is 2.86. The normalized spacial score (nSPS) is 11.4. The summed E-state index contributed by atoms with van der Waals surface area (Å²) in [5.74, 6) is 0. The van der Waals surface area contributed by atoms with E-state index in [0.29, 0.717) is 0 Å². The van der Waals surface area contributed by atoms with Crippen LogP contribution in [0.1, 0.15) is 12.5 Å². The second kappa shape index (κ2) is 4.39. The van der Waals surface area contributed by atoms with Crippen LogP contribution < -0.4 is 5.73 Å². The van der Waals surface area contributed by atoms with Crippen molar-refractivity contribution in [1.29, 1.82) is 0 Å². The molecule has 12 heavy (non-hydrogen) atoms. The summed E-state index contributed by atoms with van der Waals surface area (Å²) in [4.78, 5) is 0. The Morgan fingerprint density at radius 2 is 1.92 bits per heavy atom. The Labute approximate surface area is 73.2 Å². The van der Waals surface area contributed by atoms with E-state index >= 15 is 0 Å². The minimum Gasteiger partial charge on any atom is -0.398 e. The van der Waals surface area contributed by atoms with Crippen LogP contribution in [-0.2, 0) is 0 Å². The molecule has 0 aliphatic heterocycles. The van der Waals surface area contributed by atoms with Crippen molar-refractivity contribution >= 4 is 11.8 Å². The van der Waals surface area contributed by atoms with Crippen molar-refractivity contribution in [1.82, 2.24) is 0 Å². The van der Waals surface area contributed by atoms with Gasteiger partial charge in [0.05, 0.1) is 0 Å². The van der Waals surface area contributed by atoms with Gasteiger partial charge >= 0.3 is 0 Å². The summed E-state index contributed by atoms with van der Waals surface area (Å²) >= 11 is 0. The van der Waals surface area contributed by atoms with Gasteiger partial charge in [0.1, 0.15) is 0 Å². The second-order valence-corrected chi connectivity index (χ2v) is 2.51. The van der Waals surface area contributed by atoms with Gasteiger partial charge in [-0.2, -0.15) is 0 Å². The van der Waals surface area contributed by atoms with Gasteiger partial charge in [-0.1, -0.05) is 42.5 Å². The molecule has 0 spiro atoms. The zero-order valence-electron chi connectivity index (χ0n) is 7.20. The number of nitrogens with two attached hydrogens (primary N) is 1. The van der Waals surface area contributed by atoms with Crippen LogP contribution in [0.5, 0.6) is 0 Å². The van der Waals surface area contributed by atoms with E-state index in [1.165, 1.54) is 0 Å². The molecule has 1 rings (SSSR count). The molecular weight excluding hydrogens is 146 g/mol. The molecule has 0 unspecified atom stereocenters. The van der Waals surface area contributed by atoms with Crippen LogP contribution in [0.4, 0.5) is 5.69 Å². The first kappa shape index (κ1) is 8.60. The molecule has 0 saturated carbocycles. The van der Waals surface area contributed by atoms with Crippen LogP contribution in [-0.4, -0.2) is 0 Å². The molecule has 1 aromatic carbocycles. The molecule has 0 fully saturated rings. The fraction of sp³-hybridized carbons (Fsp3) is 0.0909. The SMILES string of the molecule is C/C=C/C=C/c1ccccc1N. The highest BCUT2D eigenvalue weighted by molar-refractivity contribution is 5.64. The first-order chi connectivity index (χ1) is 5.84. The third-order valence-electron chi connectivity index (χ3n) is 1.58. The summed E-state index contributed by atoms with van der Waals surface area (Å²) in [5, 5.41) is 0. The Hall–Kier alpha value is -1.50. The molecule has 2 N–H and O–H groups in total. The number of para-hydroxylation sites is 1. The summed E-state index contributed by atoms with van der Waals surface area (Å²) in [5.41, 5.74) is 7.61. The third kappa shape index (κ3) is 2.27. The van der Waals surface area contributed by atoms with Gasteiger partial charge in [-0.05, 0) is 18.6 Å². The average Bonchev–Trinajstić information content (AvgIpc) is 2.09. The molecule has 0 heterocycles. The van der Waals surface area contributed by atoms with Gasteiger partial charge in [0, 0.05) is 5.69 Å². The molecule has 0 atom stereocenters. The second-order valence-electron chi connectivity index (χ2n) is 2.51. The lowest BCUT2D eigenvalue weighted by Crippen LogP contribution is -1.86. The lowest BCUT2D eigenvalue weighted by Gasteiger charge is -1.96. The molecule has 0 aliphatic rings. The molecule has 0 aliphatic carbocycles. The smallest absolute Gasteiger partial charge is 0.0387 e. The van der Waals surface area contributed by atoms with E-state index in [2.05, 4.69) is 0 Å². The van der Waals surface area contributed by atoms with Crippen molar-refractivity contribution in [3.8, 4) is 0 Å². The Bertz CT molecular complexity index is 298. The number of hydrogen-bond donors (Lipinski definition) is 1. The van der Waals surface area contributed by atoms with Crippen LogP contribution in [0.2, 0.25) is 0 Å². The van der Waals surface area contributed by atoms with E-state index in [9.17, 15) is 0 Å². The van der Waals surface area contributed by atoms with E-state index in [4.69, 9.17) is 5.73 Å². The Morgan fingerprint density at radius 3 is 2.58 bits per heavy atom. The summed E-state index contributed by atoms with van der Waals surface area (Å²) in [6.07, 6.45) is 7.93. The minimum absolute atomic E-state index is 0.818. The van der Waals surface area contributed by atoms with Crippen molar-refractivity contribution in [2.45, 2.75) is 6.92 Å². The topological polar surface area (TPSA) is 26.0 Å². The third-order valence-corrected chi connectivity index (χ3v) is 1.58. The largest absolute Gasteiger partial charge is 0.398 e. The van der Waals surface area contributed by atoms with Crippen LogP contribution in [0.15, 0.2) is 42.5 Å². The van der Waals surface area contributed by atoms with Crippen LogP contribution in [0, 0.1) is 0 Å². The van der Waals surface area contributed by atoms with Gasteiger partial charge in [-0.25, -0.2) is 0 Å². The Balaban J connectivity index is 2.82. The molecular formula is C11H13N. The van der Waals surface area contributed by atoms with Crippen LogP contribution >= 0.6 is 0 Å². The number of hydrogen-bond acceptors (Lipinski definition) is 1. The minimum atomic E-state index is 0.818. The molecule has 0 amide bonds. The van der Waals surface area contributed by atoms with Gasteiger partial charge in [0.2, 0.25) is 0 Å². The maximum Gasteiger partial charge on any atom is 0.0387 e. The number of rotatable bonds is 2. The highest BCUT2D eigenvalue weighted by Crippen LogP contribution is 2.11. The van der Waals surface area contributed by atoms with Crippen molar-refractivity contribution in [3.05, 3.63) is 48.1 Å². The summed E-state index contributed by atoms with van der Waals surface area (Å²) < 4.78 is 0. The fourth-order valence-electron chi connectivity index (χ4n) is 0.933. The number of benzene rings is 1.